The Morgan fingerprint density at radius 1 is 1.00 bits per heavy atom. The average molecular weight is 257 g/mol. The predicted octanol–water partition coefficient (Wildman–Crippen LogP) is 3.14. The molecule has 0 aliphatic rings. The minimum absolute atomic E-state index is 0.454. The quantitative estimate of drug-likeness (QED) is 0.809. The van der Waals surface area contributed by atoms with Crippen LogP contribution in [0, 0.1) is 0 Å². The highest BCUT2D eigenvalue weighted by atomic mass is 19.4. The van der Waals surface area contributed by atoms with Gasteiger partial charge in [0, 0.05) is 0 Å². The molecule has 0 bridgehead atoms. The highest BCUT2D eigenvalue weighted by Gasteiger charge is 2.39. The number of alkyl halides is 6. The van der Waals surface area contributed by atoms with Gasteiger partial charge >= 0.3 is 12.4 Å². The van der Waals surface area contributed by atoms with E-state index < -0.39 is 35.9 Å². The highest BCUT2D eigenvalue weighted by molar-refractivity contribution is 5.30. The smallest absolute Gasteiger partial charge is 0.320 e. The van der Waals surface area contributed by atoms with Crippen LogP contribution in [0.2, 0.25) is 0 Å². The van der Waals surface area contributed by atoms with E-state index in [1.807, 2.05) is 0 Å². The van der Waals surface area contributed by atoms with Crippen LogP contribution in [0.4, 0.5) is 26.3 Å². The SMILES string of the molecule is N[C@@H](Cc1ccccc1C(F)(F)F)C(F)(F)F. The van der Waals surface area contributed by atoms with E-state index in [0.717, 1.165) is 18.2 Å². The largest absolute Gasteiger partial charge is 0.416 e. The fraction of sp³-hybridized carbons (Fsp3) is 0.400. The summed E-state index contributed by atoms with van der Waals surface area (Å²) in [5, 5.41) is 0. The van der Waals surface area contributed by atoms with E-state index in [2.05, 4.69) is 0 Å². The first-order valence-corrected chi connectivity index (χ1v) is 4.60. The molecule has 0 amide bonds. The van der Waals surface area contributed by atoms with E-state index in [0.29, 0.717) is 0 Å². The summed E-state index contributed by atoms with van der Waals surface area (Å²) in [6.45, 7) is 0. The van der Waals surface area contributed by atoms with E-state index in [1.54, 1.807) is 0 Å². The lowest BCUT2D eigenvalue weighted by atomic mass is 10.00. The number of benzene rings is 1. The molecule has 7 heteroatoms. The van der Waals surface area contributed by atoms with Crippen molar-refractivity contribution in [3.63, 3.8) is 0 Å². The molecule has 0 unspecified atom stereocenters. The Kier molecular flexibility index (Phi) is 3.71. The summed E-state index contributed by atoms with van der Waals surface area (Å²) in [4.78, 5) is 0. The lowest BCUT2D eigenvalue weighted by molar-refractivity contribution is -0.149. The van der Waals surface area contributed by atoms with Gasteiger partial charge in [-0.25, -0.2) is 0 Å². The maximum Gasteiger partial charge on any atom is 0.416 e. The van der Waals surface area contributed by atoms with E-state index in [-0.39, 0.29) is 0 Å². The van der Waals surface area contributed by atoms with Gasteiger partial charge in [-0.05, 0) is 18.1 Å². The van der Waals surface area contributed by atoms with Gasteiger partial charge in [0.15, 0.2) is 0 Å². The van der Waals surface area contributed by atoms with Gasteiger partial charge in [0.2, 0.25) is 0 Å². The number of nitrogens with two attached hydrogens (primary N) is 1. The first kappa shape index (κ1) is 13.8. The third kappa shape index (κ3) is 3.62. The molecule has 1 nitrogen and oxygen atoms in total. The van der Waals surface area contributed by atoms with Crippen LogP contribution in [0.1, 0.15) is 11.1 Å². The molecule has 0 aromatic heterocycles. The van der Waals surface area contributed by atoms with E-state index in [1.165, 1.54) is 6.07 Å². The van der Waals surface area contributed by atoms with Crippen LogP contribution in [0.25, 0.3) is 0 Å². The fourth-order valence-electron chi connectivity index (χ4n) is 1.33. The molecule has 0 aliphatic carbocycles. The zero-order chi connectivity index (χ0) is 13.3. The van der Waals surface area contributed by atoms with Crippen molar-refractivity contribution in [2.45, 2.75) is 24.8 Å². The van der Waals surface area contributed by atoms with Crippen molar-refractivity contribution in [3.05, 3.63) is 35.4 Å². The summed E-state index contributed by atoms with van der Waals surface area (Å²) >= 11 is 0. The van der Waals surface area contributed by atoms with Gasteiger partial charge in [0.1, 0.15) is 6.04 Å². The molecule has 17 heavy (non-hydrogen) atoms. The zero-order valence-corrected chi connectivity index (χ0v) is 8.44. The summed E-state index contributed by atoms with van der Waals surface area (Å²) in [5.74, 6) is 0. The van der Waals surface area contributed by atoms with Crippen molar-refractivity contribution in [2.24, 2.45) is 5.73 Å². The van der Waals surface area contributed by atoms with E-state index >= 15 is 0 Å². The molecule has 0 fully saturated rings. The molecule has 2 N–H and O–H groups in total. The highest BCUT2D eigenvalue weighted by Crippen LogP contribution is 2.33. The molecular weight excluding hydrogens is 248 g/mol. The molecule has 1 aromatic rings. The number of rotatable bonds is 2. The monoisotopic (exact) mass is 257 g/mol. The van der Waals surface area contributed by atoms with Crippen LogP contribution in [-0.2, 0) is 12.6 Å². The molecule has 0 heterocycles. The Morgan fingerprint density at radius 2 is 1.53 bits per heavy atom. The van der Waals surface area contributed by atoms with Crippen molar-refractivity contribution < 1.29 is 26.3 Å². The number of halogens is 6. The fourth-order valence-corrected chi connectivity index (χ4v) is 1.33. The molecule has 0 radical (unpaired) electrons. The average Bonchev–Trinajstić information content (AvgIpc) is 2.15. The van der Waals surface area contributed by atoms with Crippen LogP contribution in [0.3, 0.4) is 0 Å². The third-order valence-corrected chi connectivity index (χ3v) is 2.18. The minimum atomic E-state index is -4.71. The van der Waals surface area contributed by atoms with Crippen molar-refractivity contribution >= 4 is 0 Å². The van der Waals surface area contributed by atoms with Gasteiger partial charge < -0.3 is 5.73 Å². The van der Waals surface area contributed by atoms with Gasteiger partial charge in [-0.2, -0.15) is 26.3 Å². The number of hydrogen-bond acceptors (Lipinski definition) is 1. The van der Waals surface area contributed by atoms with Crippen molar-refractivity contribution in [1.82, 2.24) is 0 Å². The maximum atomic E-state index is 12.5. The van der Waals surface area contributed by atoms with Gasteiger partial charge in [0.25, 0.3) is 0 Å². The Balaban J connectivity index is 3.00. The molecule has 0 spiro atoms. The summed E-state index contributed by atoms with van der Waals surface area (Å²) in [5.41, 5.74) is 3.27. The van der Waals surface area contributed by atoms with Gasteiger partial charge in [-0.1, -0.05) is 18.2 Å². The third-order valence-electron chi connectivity index (χ3n) is 2.18. The van der Waals surface area contributed by atoms with Crippen molar-refractivity contribution in [2.75, 3.05) is 0 Å². The number of hydrogen-bond donors (Lipinski definition) is 1. The normalized spacial score (nSPS) is 14.8. The van der Waals surface area contributed by atoms with Crippen molar-refractivity contribution in [1.29, 1.82) is 0 Å². The lowest BCUT2D eigenvalue weighted by Crippen LogP contribution is -2.39. The van der Waals surface area contributed by atoms with E-state index in [4.69, 9.17) is 5.73 Å². The molecule has 1 atom stereocenters. The van der Waals surface area contributed by atoms with Crippen LogP contribution >= 0.6 is 0 Å². The molecule has 0 saturated heterocycles. The van der Waals surface area contributed by atoms with Crippen LogP contribution in [-0.4, -0.2) is 12.2 Å². The van der Waals surface area contributed by atoms with Gasteiger partial charge in [0.05, 0.1) is 5.56 Å². The summed E-state index contributed by atoms with van der Waals surface area (Å²) in [7, 11) is 0. The standard InChI is InChI=1S/C10H9F6N/c11-9(12,13)7-4-2-1-3-6(7)5-8(17)10(14,15)16/h1-4,8H,5,17H2/t8-/m0/s1. The Hall–Kier alpha value is -1.24. The lowest BCUT2D eigenvalue weighted by Gasteiger charge is -2.18. The predicted molar refractivity (Wildman–Crippen MR) is 49.2 cm³/mol. The molecule has 96 valence electrons. The molecular formula is C10H9F6N. The van der Waals surface area contributed by atoms with Gasteiger partial charge in [-0.15, -0.1) is 0 Å². The molecule has 0 aliphatic heterocycles. The summed E-state index contributed by atoms with van der Waals surface area (Å²) < 4.78 is 73.9. The molecule has 1 rings (SSSR count). The van der Waals surface area contributed by atoms with Crippen molar-refractivity contribution in [3.8, 4) is 0 Å². The Labute approximate surface area is 93.2 Å². The van der Waals surface area contributed by atoms with Crippen LogP contribution in [0.5, 0.6) is 0 Å². The van der Waals surface area contributed by atoms with E-state index in [9.17, 15) is 26.3 Å². The minimum Gasteiger partial charge on any atom is -0.320 e. The second-order valence-electron chi connectivity index (χ2n) is 3.51. The maximum absolute atomic E-state index is 12.5. The summed E-state index contributed by atoms with van der Waals surface area (Å²) in [6.07, 6.45) is -10.3. The first-order chi connectivity index (χ1) is 7.62. The zero-order valence-electron chi connectivity index (χ0n) is 8.44. The van der Waals surface area contributed by atoms with Gasteiger partial charge in [-0.3, -0.25) is 0 Å². The first-order valence-electron chi connectivity index (χ1n) is 4.60. The van der Waals surface area contributed by atoms with Crippen LogP contribution in [0.15, 0.2) is 24.3 Å². The topological polar surface area (TPSA) is 26.0 Å². The molecule has 1 aromatic carbocycles. The Bertz CT molecular complexity index is 381. The molecule has 0 saturated carbocycles. The Morgan fingerprint density at radius 3 is 2.00 bits per heavy atom. The second-order valence-corrected chi connectivity index (χ2v) is 3.51. The summed E-state index contributed by atoms with van der Waals surface area (Å²) in [6, 6.07) is 1.79. The second kappa shape index (κ2) is 4.56. The van der Waals surface area contributed by atoms with Crippen LogP contribution < -0.4 is 5.73 Å².